The second-order valence-electron chi connectivity index (χ2n) is 4.70. The van der Waals surface area contributed by atoms with E-state index in [-0.39, 0.29) is 44.1 Å². The molecule has 0 radical (unpaired) electrons. The van der Waals surface area contributed by atoms with Crippen molar-refractivity contribution in [2.45, 2.75) is 18.9 Å². The molecule has 2 rings (SSSR count). The van der Waals surface area contributed by atoms with Crippen molar-refractivity contribution in [2.24, 2.45) is 5.73 Å². The highest BCUT2D eigenvalue weighted by atomic mass is 35.5. The first kappa shape index (κ1) is 20.9. The van der Waals surface area contributed by atoms with Gasteiger partial charge in [-0.05, 0) is 12.8 Å². The van der Waals surface area contributed by atoms with Crippen molar-refractivity contribution in [2.75, 3.05) is 31.1 Å². The van der Waals surface area contributed by atoms with Gasteiger partial charge in [0.25, 0.3) is 0 Å². The molecule has 0 amide bonds. The fourth-order valence-electron chi connectivity index (χ4n) is 1.92. The van der Waals surface area contributed by atoms with Crippen molar-refractivity contribution in [1.29, 1.82) is 0 Å². The van der Waals surface area contributed by atoms with Crippen LogP contribution in [-0.4, -0.2) is 47.4 Å². The van der Waals surface area contributed by atoms with E-state index in [1.807, 2.05) is 4.90 Å². The molecule has 6 nitrogen and oxygen atoms in total. The van der Waals surface area contributed by atoms with Gasteiger partial charge in [0.05, 0.1) is 24.8 Å². The van der Waals surface area contributed by atoms with Crippen molar-refractivity contribution >= 4 is 30.8 Å². The number of aliphatic hydroxyl groups is 1. The quantitative estimate of drug-likeness (QED) is 0.832. The Balaban J connectivity index is 0.00000220. The van der Waals surface area contributed by atoms with E-state index in [2.05, 4.69) is 9.97 Å². The number of nitrogens with two attached hydrogens (primary N) is 1. The van der Waals surface area contributed by atoms with Crippen LogP contribution in [0.25, 0.3) is 0 Å². The highest BCUT2D eigenvalue weighted by molar-refractivity contribution is 5.85. The van der Waals surface area contributed by atoms with Crippen LogP contribution in [0.1, 0.15) is 12.8 Å². The van der Waals surface area contributed by atoms with E-state index in [1.165, 1.54) is 0 Å². The van der Waals surface area contributed by atoms with Crippen molar-refractivity contribution in [3.05, 3.63) is 24.3 Å². The van der Waals surface area contributed by atoms with E-state index < -0.39 is 0 Å². The van der Waals surface area contributed by atoms with Crippen LogP contribution in [0.15, 0.2) is 24.3 Å². The second-order valence-corrected chi connectivity index (χ2v) is 4.70. The predicted molar refractivity (Wildman–Crippen MR) is 87.7 cm³/mol. The van der Waals surface area contributed by atoms with Crippen LogP contribution in [0.4, 0.5) is 10.3 Å². The Bertz CT molecular complexity index is 454. The fraction of sp³-hybridized carbons (Fsp3) is 0.538. The molecule has 0 atom stereocenters. The van der Waals surface area contributed by atoms with Crippen LogP contribution in [0.3, 0.4) is 0 Å². The van der Waals surface area contributed by atoms with Gasteiger partial charge in [-0.15, -0.1) is 24.8 Å². The van der Waals surface area contributed by atoms with Crippen LogP contribution >= 0.6 is 24.8 Å². The SMILES string of the molecule is Cl.Cl.NC/C(=C\F)COc1cnc(N2CCC(O)CC2)nc1. The molecule has 1 aliphatic rings. The van der Waals surface area contributed by atoms with Gasteiger partial charge < -0.3 is 20.5 Å². The Labute approximate surface area is 141 Å². The van der Waals surface area contributed by atoms with Gasteiger partial charge in [-0.2, -0.15) is 0 Å². The molecular weight excluding hydrogens is 334 g/mol. The first-order chi connectivity index (χ1) is 9.72. The van der Waals surface area contributed by atoms with E-state index in [0.29, 0.717) is 23.6 Å². The van der Waals surface area contributed by atoms with Gasteiger partial charge in [0.15, 0.2) is 5.75 Å². The van der Waals surface area contributed by atoms with Gasteiger partial charge >= 0.3 is 0 Å². The number of aliphatic hydroxyl groups excluding tert-OH is 1. The molecule has 0 saturated carbocycles. The summed E-state index contributed by atoms with van der Waals surface area (Å²) in [5.74, 6) is 1.09. The summed E-state index contributed by atoms with van der Waals surface area (Å²) in [7, 11) is 0. The average molecular weight is 355 g/mol. The lowest BCUT2D eigenvalue weighted by atomic mass is 10.1. The standard InChI is InChI=1S/C13H19FN4O2.2ClH/c14-5-10(6-15)9-20-12-7-16-13(17-8-12)18-3-1-11(19)2-4-18;;/h5,7-8,11,19H,1-4,6,9,15H2;2*1H/b10-5+;;. The number of aromatic nitrogens is 2. The van der Waals surface area contributed by atoms with Crippen LogP contribution in [0.2, 0.25) is 0 Å². The maximum absolute atomic E-state index is 12.3. The lowest BCUT2D eigenvalue weighted by Gasteiger charge is -2.29. The molecule has 1 aromatic rings. The van der Waals surface area contributed by atoms with Crippen LogP contribution < -0.4 is 15.4 Å². The third kappa shape index (κ3) is 5.92. The molecule has 2 heterocycles. The zero-order valence-electron chi connectivity index (χ0n) is 12.0. The number of hydrogen-bond acceptors (Lipinski definition) is 6. The zero-order valence-corrected chi connectivity index (χ0v) is 13.7. The van der Waals surface area contributed by atoms with E-state index in [0.717, 1.165) is 25.9 Å². The summed E-state index contributed by atoms with van der Waals surface area (Å²) in [6.45, 7) is 1.68. The summed E-state index contributed by atoms with van der Waals surface area (Å²) in [6.07, 6.45) is 4.79. The second kappa shape index (κ2) is 10.6. The van der Waals surface area contributed by atoms with Crippen LogP contribution in [0.5, 0.6) is 5.75 Å². The molecule has 0 aromatic carbocycles. The summed E-state index contributed by atoms with van der Waals surface area (Å²) < 4.78 is 17.7. The van der Waals surface area contributed by atoms with Gasteiger partial charge in [0.1, 0.15) is 6.61 Å². The Morgan fingerprint density at radius 1 is 1.36 bits per heavy atom. The Hall–Kier alpha value is -1.15. The molecule has 9 heteroatoms. The number of piperidine rings is 1. The molecule has 1 aliphatic heterocycles. The number of hydrogen-bond donors (Lipinski definition) is 2. The maximum atomic E-state index is 12.3. The number of nitrogens with zero attached hydrogens (tertiary/aromatic N) is 3. The molecule has 1 fully saturated rings. The zero-order chi connectivity index (χ0) is 14.4. The lowest BCUT2D eigenvalue weighted by molar-refractivity contribution is 0.145. The van der Waals surface area contributed by atoms with Crippen molar-refractivity contribution in [1.82, 2.24) is 9.97 Å². The average Bonchev–Trinajstić information content (AvgIpc) is 2.50. The van der Waals surface area contributed by atoms with Crippen molar-refractivity contribution in [3.8, 4) is 5.75 Å². The summed E-state index contributed by atoms with van der Waals surface area (Å²) in [5.41, 5.74) is 5.71. The normalized spacial score (nSPS) is 15.8. The third-order valence-electron chi connectivity index (χ3n) is 3.20. The highest BCUT2D eigenvalue weighted by Crippen LogP contribution is 2.17. The van der Waals surface area contributed by atoms with E-state index in [9.17, 15) is 9.50 Å². The van der Waals surface area contributed by atoms with Gasteiger partial charge in [0, 0.05) is 25.2 Å². The molecule has 22 heavy (non-hydrogen) atoms. The monoisotopic (exact) mass is 354 g/mol. The number of anilines is 1. The molecule has 0 bridgehead atoms. The minimum atomic E-state index is -0.226. The summed E-state index contributed by atoms with van der Waals surface area (Å²) >= 11 is 0. The molecule has 126 valence electrons. The summed E-state index contributed by atoms with van der Waals surface area (Å²) in [4.78, 5) is 10.5. The van der Waals surface area contributed by atoms with Crippen molar-refractivity contribution in [3.63, 3.8) is 0 Å². The molecular formula is C13H21Cl2FN4O2. The number of halogens is 3. The van der Waals surface area contributed by atoms with Gasteiger partial charge in [0.2, 0.25) is 5.95 Å². The van der Waals surface area contributed by atoms with Gasteiger partial charge in [-0.3, -0.25) is 0 Å². The van der Waals surface area contributed by atoms with Gasteiger partial charge in [-0.1, -0.05) is 0 Å². The topological polar surface area (TPSA) is 84.5 Å². The molecule has 0 aliphatic carbocycles. The Morgan fingerprint density at radius 3 is 2.45 bits per heavy atom. The summed E-state index contributed by atoms with van der Waals surface area (Å²) in [5, 5.41) is 9.45. The Kier molecular flexibility index (Phi) is 10.0. The van der Waals surface area contributed by atoms with Crippen LogP contribution in [0, 0.1) is 0 Å². The van der Waals surface area contributed by atoms with E-state index in [1.54, 1.807) is 12.4 Å². The van der Waals surface area contributed by atoms with Crippen molar-refractivity contribution < 1.29 is 14.2 Å². The maximum Gasteiger partial charge on any atom is 0.225 e. The highest BCUT2D eigenvalue weighted by Gasteiger charge is 2.18. The summed E-state index contributed by atoms with van der Waals surface area (Å²) in [6, 6.07) is 0. The van der Waals surface area contributed by atoms with Crippen LogP contribution in [-0.2, 0) is 0 Å². The number of rotatable bonds is 5. The molecule has 0 spiro atoms. The van der Waals surface area contributed by atoms with E-state index >= 15 is 0 Å². The lowest BCUT2D eigenvalue weighted by Crippen LogP contribution is -2.36. The first-order valence-electron chi connectivity index (χ1n) is 6.59. The third-order valence-corrected chi connectivity index (χ3v) is 3.20. The first-order valence-corrected chi connectivity index (χ1v) is 6.59. The van der Waals surface area contributed by atoms with E-state index in [4.69, 9.17) is 10.5 Å². The molecule has 3 N–H and O–H groups in total. The predicted octanol–water partition coefficient (Wildman–Crippen LogP) is 1.47. The Morgan fingerprint density at radius 2 is 1.95 bits per heavy atom. The van der Waals surface area contributed by atoms with Gasteiger partial charge in [-0.25, -0.2) is 14.4 Å². The largest absolute Gasteiger partial charge is 0.486 e. The molecule has 1 aromatic heterocycles. The fourth-order valence-corrected chi connectivity index (χ4v) is 1.92. The minimum Gasteiger partial charge on any atom is -0.486 e. The molecule has 1 saturated heterocycles. The molecule has 0 unspecified atom stereocenters. The minimum absolute atomic E-state index is 0. The number of ether oxygens (including phenoxy) is 1. The smallest absolute Gasteiger partial charge is 0.225 e.